The number of anilines is 2. The Morgan fingerprint density at radius 2 is 1.87 bits per heavy atom. The monoisotopic (exact) mass is 563 g/mol. The van der Waals surface area contributed by atoms with E-state index in [0.717, 1.165) is 78.8 Å². The smallest absolute Gasteiger partial charge is 0.264 e. The van der Waals surface area contributed by atoms with Crippen LogP contribution in [0.2, 0.25) is 5.02 Å². The summed E-state index contributed by atoms with van der Waals surface area (Å²) in [6, 6.07) is 17.7. The second-order valence-corrected chi connectivity index (χ2v) is 12.1. The van der Waals surface area contributed by atoms with Gasteiger partial charge in [-0.1, -0.05) is 41.9 Å². The summed E-state index contributed by atoms with van der Waals surface area (Å²) in [6.07, 6.45) is 4.51. The number of rotatable bonds is 4. The normalized spacial score (nSPS) is 22.7. The van der Waals surface area contributed by atoms with Gasteiger partial charge in [-0.15, -0.1) is 11.3 Å². The van der Waals surface area contributed by atoms with Gasteiger partial charge < -0.3 is 20.9 Å². The third-order valence-electron chi connectivity index (χ3n) is 7.86. The minimum absolute atomic E-state index is 0.120. The van der Waals surface area contributed by atoms with E-state index in [1.807, 2.05) is 54.6 Å². The van der Waals surface area contributed by atoms with E-state index in [4.69, 9.17) is 21.6 Å². The highest BCUT2D eigenvalue weighted by molar-refractivity contribution is 7.21. The van der Waals surface area contributed by atoms with Crippen LogP contribution in [0, 0.1) is 5.41 Å². The highest BCUT2D eigenvalue weighted by Gasteiger charge is 2.41. The Hall–Kier alpha value is -2.98. The predicted molar refractivity (Wildman–Crippen MR) is 161 cm³/mol. The van der Waals surface area contributed by atoms with E-state index in [2.05, 4.69) is 25.8 Å². The molecule has 3 fully saturated rings. The van der Waals surface area contributed by atoms with Crippen LogP contribution in [0.1, 0.15) is 25.7 Å². The molecule has 7 rings (SSSR count). The van der Waals surface area contributed by atoms with Crippen molar-refractivity contribution in [1.82, 2.24) is 25.6 Å². The van der Waals surface area contributed by atoms with Crippen molar-refractivity contribution in [3.8, 4) is 10.6 Å². The van der Waals surface area contributed by atoms with Gasteiger partial charge in [-0.2, -0.15) is 4.98 Å². The summed E-state index contributed by atoms with van der Waals surface area (Å²) < 4.78 is 1.08. The van der Waals surface area contributed by atoms with Crippen molar-refractivity contribution in [2.45, 2.75) is 31.7 Å². The Balaban J connectivity index is 0.000000346. The van der Waals surface area contributed by atoms with Gasteiger partial charge in [0.15, 0.2) is 0 Å². The minimum Gasteiger partial charge on any atom is -0.365 e. The molecule has 0 bridgehead atoms. The number of nitrogens with zero attached hydrogens (tertiary/aromatic N) is 3. The number of H-pyrrole nitrogens is 1. The Kier molecular flexibility index (Phi) is 7.83. The lowest BCUT2D eigenvalue weighted by Gasteiger charge is -2.26. The molecule has 3 aliphatic rings. The first kappa shape index (κ1) is 26.3. The standard InChI is InChI=1S/C23H29N7OS.C6H5Cl/c31-20-18(21-27-16-5-1-2-6-17(16)32-21)19(26-15-4-3-9-24-12-15)28-22(29-20)30-11-8-23(14-30)7-10-25-13-23;7-6-4-2-1-3-5-6/h1-2,5-6,15,24-25H,3-4,7-14H2,(H2,26,28,29,31);1-5H. The first-order valence-electron chi connectivity index (χ1n) is 13.7. The molecule has 5 heterocycles. The fourth-order valence-corrected chi connectivity index (χ4v) is 6.89. The summed E-state index contributed by atoms with van der Waals surface area (Å²) in [7, 11) is 0. The van der Waals surface area contributed by atoms with Gasteiger partial charge in [0.25, 0.3) is 5.56 Å². The van der Waals surface area contributed by atoms with Crippen LogP contribution in [-0.4, -0.2) is 60.3 Å². The van der Waals surface area contributed by atoms with Gasteiger partial charge in [0, 0.05) is 42.7 Å². The maximum absolute atomic E-state index is 13.4. The highest BCUT2D eigenvalue weighted by atomic mass is 35.5. The second kappa shape index (κ2) is 11.6. The van der Waals surface area contributed by atoms with Crippen molar-refractivity contribution in [2.24, 2.45) is 5.41 Å². The van der Waals surface area contributed by atoms with Gasteiger partial charge in [-0.25, -0.2) is 4.98 Å². The number of thiazole rings is 1. The van der Waals surface area contributed by atoms with Crippen molar-refractivity contribution in [3.05, 3.63) is 70.0 Å². The number of aromatic nitrogens is 3. The Morgan fingerprint density at radius 3 is 2.59 bits per heavy atom. The maximum Gasteiger partial charge on any atom is 0.264 e. The first-order valence-corrected chi connectivity index (χ1v) is 14.9. The summed E-state index contributed by atoms with van der Waals surface area (Å²) in [4.78, 5) is 28.5. The quantitative estimate of drug-likeness (QED) is 0.285. The Labute approximate surface area is 237 Å². The molecule has 0 radical (unpaired) electrons. The van der Waals surface area contributed by atoms with Gasteiger partial charge in [-0.3, -0.25) is 9.78 Å². The van der Waals surface area contributed by atoms with Crippen LogP contribution in [0.5, 0.6) is 0 Å². The molecule has 3 saturated heterocycles. The number of hydrogen-bond acceptors (Lipinski definition) is 8. The van der Waals surface area contributed by atoms with Gasteiger partial charge in [0.1, 0.15) is 16.4 Å². The Bertz CT molecular complexity index is 1430. The zero-order valence-electron chi connectivity index (χ0n) is 21.9. The average Bonchev–Trinajstić information content (AvgIpc) is 3.70. The molecule has 2 unspecified atom stereocenters. The minimum atomic E-state index is -0.120. The van der Waals surface area contributed by atoms with Gasteiger partial charge >= 0.3 is 0 Å². The van der Waals surface area contributed by atoms with Crippen LogP contribution in [0.15, 0.2) is 59.4 Å². The lowest BCUT2D eigenvalue weighted by molar-refractivity contribution is 0.369. The maximum atomic E-state index is 13.4. The molecular weight excluding hydrogens is 530 g/mol. The van der Waals surface area contributed by atoms with Crippen molar-refractivity contribution >= 4 is 44.9 Å². The first-order chi connectivity index (χ1) is 19.1. The third kappa shape index (κ3) is 5.96. The average molecular weight is 564 g/mol. The predicted octanol–water partition coefficient (Wildman–Crippen LogP) is 4.74. The van der Waals surface area contributed by atoms with Crippen LogP contribution in [0.25, 0.3) is 20.8 Å². The van der Waals surface area contributed by atoms with Crippen LogP contribution < -0.4 is 26.4 Å². The van der Waals surface area contributed by atoms with E-state index in [1.165, 1.54) is 6.42 Å². The molecule has 2 aromatic heterocycles. The largest absolute Gasteiger partial charge is 0.365 e. The molecule has 2 aromatic carbocycles. The number of aromatic amines is 1. The molecule has 8 nitrogen and oxygen atoms in total. The van der Waals surface area contributed by atoms with E-state index >= 15 is 0 Å². The molecule has 10 heteroatoms. The highest BCUT2D eigenvalue weighted by Crippen LogP contribution is 2.38. The molecule has 0 aliphatic carbocycles. The topological polar surface area (TPSA) is 98.0 Å². The zero-order valence-corrected chi connectivity index (χ0v) is 23.5. The van der Waals surface area contributed by atoms with Crippen LogP contribution in [0.3, 0.4) is 0 Å². The number of para-hydroxylation sites is 1. The number of nitrogens with one attached hydrogen (secondary N) is 4. The molecule has 204 valence electrons. The second-order valence-electron chi connectivity index (χ2n) is 10.7. The number of fused-ring (bicyclic) bond motifs is 1. The molecule has 0 saturated carbocycles. The number of piperidine rings is 1. The van der Waals surface area contributed by atoms with Gasteiger partial charge in [0.2, 0.25) is 5.95 Å². The molecule has 4 N–H and O–H groups in total. The SMILES string of the molecule is Clc1ccccc1.O=c1[nH]c(N2CCC3(CCNC3)C2)nc(NC2CCCNC2)c1-c1nc2ccccc2s1. The van der Waals surface area contributed by atoms with Crippen LogP contribution in [-0.2, 0) is 0 Å². The lowest BCUT2D eigenvalue weighted by atomic mass is 9.87. The number of hydrogen-bond donors (Lipinski definition) is 4. The molecular formula is C29H34ClN7OS. The summed E-state index contributed by atoms with van der Waals surface area (Å²) in [5.41, 5.74) is 1.66. The van der Waals surface area contributed by atoms with E-state index in [-0.39, 0.29) is 11.6 Å². The van der Waals surface area contributed by atoms with Crippen molar-refractivity contribution < 1.29 is 0 Å². The van der Waals surface area contributed by atoms with E-state index < -0.39 is 0 Å². The molecule has 39 heavy (non-hydrogen) atoms. The van der Waals surface area contributed by atoms with Crippen LogP contribution in [0.4, 0.5) is 11.8 Å². The number of halogens is 1. The third-order valence-corrected chi connectivity index (χ3v) is 9.16. The fraction of sp³-hybridized carbons (Fsp3) is 0.414. The van der Waals surface area contributed by atoms with Crippen molar-refractivity contribution in [2.75, 3.05) is 49.5 Å². The molecule has 2 atom stereocenters. The molecule has 0 amide bonds. The van der Waals surface area contributed by atoms with Crippen molar-refractivity contribution in [1.29, 1.82) is 0 Å². The lowest BCUT2D eigenvalue weighted by Crippen LogP contribution is -2.39. The molecule has 4 aromatic rings. The molecule has 3 aliphatic heterocycles. The summed E-state index contributed by atoms with van der Waals surface area (Å²) >= 11 is 7.09. The van der Waals surface area contributed by atoms with E-state index in [1.54, 1.807) is 11.3 Å². The van der Waals surface area contributed by atoms with E-state index in [9.17, 15) is 4.79 Å². The van der Waals surface area contributed by atoms with Gasteiger partial charge in [-0.05, 0) is 63.0 Å². The summed E-state index contributed by atoms with van der Waals surface area (Å²) in [5.74, 6) is 1.33. The molecule has 1 spiro atoms. The zero-order chi connectivity index (χ0) is 26.7. The summed E-state index contributed by atoms with van der Waals surface area (Å²) in [5, 5.41) is 12.1. The van der Waals surface area contributed by atoms with Crippen molar-refractivity contribution in [3.63, 3.8) is 0 Å². The Morgan fingerprint density at radius 1 is 1.03 bits per heavy atom. The van der Waals surface area contributed by atoms with Gasteiger partial charge in [0.05, 0.1) is 10.2 Å². The van der Waals surface area contributed by atoms with E-state index in [0.29, 0.717) is 22.7 Å². The van der Waals surface area contributed by atoms with Crippen LogP contribution >= 0.6 is 22.9 Å². The fourth-order valence-electron chi connectivity index (χ4n) is 5.74. The summed E-state index contributed by atoms with van der Waals surface area (Å²) in [6.45, 7) is 5.91. The number of benzene rings is 2.